The Hall–Kier alpha value is -0.0800. The van der Waals surface area contributed by atoms with Gasteiger partial charge in [0.15, 0.2) is 0 Å². The van der Waals surface area contributed by atoms with Crippen molar-refractivity contribution < 1.29 is 9.47 Å². The third kappa shape index (κ3) is 4.97. The van der Waals surface area contributed by atoms with Gasteiger partial charge in [0.25, 0.3) is 0 Å². The van der Waals surface area contributed by atoms with Crippen LogP contribution in [0.15, 0.2) is 0 Å². The highest BCUT2D eigenvalue weighted by Crippen LogP contribution is 2.37. The molecule has 1 saturated heterocycles. The van der Waals surface area contributed by atoms with Gasteiger partial charge in [-0.25, -0.2) is 0 Å². The van der Waals surface area contributed by atoms with Crippen molar-refractivity contribution in [2.45, 2.75) is 71.8 Å². The van der Waals surface area contributed by atoms with Crippen LogP contribution in [-0.4, -0.2) is 25.9 Å². The molecule has 1 aliphatic heterocycles. The molecule has 0 aromatic rings. The van der Waals surface area contributed by atoms with E-state index in [-0.39, 0.29) is 0 Å². The van der Waals surface area contributed by atoms with E-state index in [4.69, 9.17) is 9.47 Å². The molecule has 1 atom stereocenters. The van der Waals surface area contributed by atoms with Crippen molar-refractivity contribution in [3.8, 4) is 0 Å². The molecule has 1 heterocycles. The van der Waals surface area contributed by atoms with Crippen LogP contribution in [0.25, 0.3) is 0 Å². The van der Waals surface area contributed by atoms with Crippen LogP contribution in [0.3, 0.4) is 0 Å². The zero-order valence-electron chi connectivity index (χ0n) is 12.0. The Morgan fingerprint density at radius 2 is 1.88 bits per heavy atom. The lowest BCUT2D eigenvalue weighted by Crippen LogP contribution is -2.44. The Kier molecular flexibility index (Phi) is 7.14. The number of hydrogen-bond donors (Lipinski definition) is 0. The molecular weight excluding hydrogens is 212 g/mol. The van der Waals surface area contributed by atoms with Gasteiger partial charge >= 0.3 is 0 Å². The molecule has 0 saturated carbocycles. The number of ether oxygens (including phenoxy) is 2. The van der Waals surface area contributed by atoms with E-state index in [0.717, 1.165) is 26.2 Å². The summed E-state index contributed by atoms with van der Waals surface area (Å²) in [7, 11) is 0. The number of unbranched alkanes of at least 4 members (excludes halogenated alkanes) is 3. The summed E-state index contributed by atoms with van der Waals surface area (Å²) in [4.78, 5) is 0. The highest BCUT2D eigenvalue weighted by atomic mass is 16.5. The maximum Gasteiger partial charge on any atom is 0.0579 e. The van der Waals surface area contributed by atoms with Gasteiger partial charge in [0.1, 0.15) is 0 Å². The van der Waals surface area contributed by atoms with E-state index in [9.17, 15) is 0 Å². The molecular formula is C15H30O2. The Bertz CT molecular complexity index is 182. The van der Waals surface area contributed by atoms with E-state index >= 15 is 0 Å². The van der Waals surface area contributed by atoms with Crippen LogP contribution >= 0.6 is 0 Å². The Labute approximate surface area is 107 Å². The summed E-state index contributed by atoms with van der Waals surface area (Å²) in [5.74, 6) is 0. The molecule has 0 spiro atoms. The Morgan fingerprint density at radius 3 is 2.35 bits per heavy atom. The monoisotopic (exact) mass is 242 g/mol. The summed E-state index contributed by atoms with van der Waals surface area (Å²) >= 11 is 0. The SMILES string of the molecule is CCCCCCOC(CC)CC1(CC)COC1. The van der Waals surface area contributed by atoms with Gasteiger partial charge in [-0.15, -0.1) is 0 Å². The van der Waals surface area contributed by atoms with Crippen molar-refractivity contribution in [3.63, 3.8) is 0 Å². The number of rotatable bonds is 10. The summed E-state index contributed by atoms with van der Waals surface area (Å²) < 4.78 is 11.4. The highest BCUT2D eigenvalue weighted by Gasteiger charge is 2.38. The quantitative estimate of drug-likeness (QED) is 0.535. The molecule has 0 aromatic heterocycles. The first kappa shape index (κ1) is 15.0. The molecule has 1 rings (SSSR count). The first-order chi connectivity index (χ1) is 8.26. The van der Waals surface area contributed by atoms with Crippen LogP contribution in [0, 0.1) is 5.41 Å². The minimum Gasteiger partial charge on any atom is -0.380 e. The topological polar surface area (TPSA) is 18.5 Å². The highest BCUT2D eigenvalue weighted by molar-refractivity contribution is 4.86. The smallest absolute Gasteiger partial charge is 0.0579 e. The second-order valence-corrected chi connectivity index (χ2v) is 5.51. The van der Waals surface area contributed by atoms with E-state index in [0.29, 0.717) is 11.5 Å². The fourth-order valence-corrected chi connectivity index (χ4v) is 2.44. The zero-order chi connectivity index (χ0) is 12.6. The van der Waals surface area contributed by atoms with E-state index < -0.39 is 0 Å². The molecule has 2 nitrogen and oxygen atoms in total. The second kappa shape index (κ2) is 8.10. The van der Waals surface area contributed by atoms with Gasteiger partial charge in [-0.3, -0.25) is 0 Å². The second-order valence-electron chi connectivity index (χ2n) is 5.51. The van der Waals surface area contributed by atoms with Crippen LogP contribution in [0.4, 0.5) is 0 Å². The molecule has 0 bridgehead atoms. The van der Waals surface area contributed by atoms with Gasteiger partial charge in [0.2, 0.25) is 0 Å². The predicted molar refractivity (Wildman–Crippen MR) is 72.3 cm³/mol. The average Bonchev–Trinajstić information content (AvgIpc) is 2.31. The van der Waals surface area contributed by atoms with E-state index in [2.05, 4.69) is 20.8 Å². The summed E-state index contributed by atoms with van der Waals surface area (Å²) in [5, 5.41) is 0. The molecule has 102 valence electrons. The van der Waals surface area contributed by atoms with Gasteiger partial charge in [0, 0.05) is 12.0 Å². The molecule has 0 aromatic carbocycles. The largest absolute Gasteiger partial charge is 0.380 e. The van der Waals surface area contributed by atoms with Gasteiger partial charge in [0.05, 0.1) is 19.3 Å². The third-order valence-corrected chi connectivity index (χ3v) is 4.03. The minimum absolute atomic E-state index is 0.435. The standard InChI is InChI=1S/C15H30O2/c1-4-7-8-9-10-17-14(5-2)11-15(6-3)12-16-13-15/h14H,4-13H2,1-3H3. The molecule has 2 heteroatoms. The van der Waals surface area contributed by atoms with E-state index in [1.54, 1.807) is 0 Å². The van der Waals surface area contributed by atoms with Crippen LogP contribution in [-0.2, 0) is 9.47 Å². The summed E-state index contributed by atoms with van der Waals surface area (Å²) in [5.41, 5.74) is 0.435. The molecule has 17 heavy (non-hydrogen) atoms. The van der Waals surface area contributed by atoms with Gasteiger partial charge in [-0.05, 0) is 25.7 Å². The van der Waals surface area contributed by atoms with Gasteiger partial charge in [-0.2, -0.15) is 0 Å². The van der Waals surface area contributed by atoms with Crippen LogP contribution in [0.2, 0.25) is 0 Å². The van der Waals surface area contributed by atoms with Crippen molar-refractivity contribution in [2.24, 2.45) is 5.41 Å². The summed E-state index contributed by atoms with van der Waals surface area (Å²) in [6.07, 6.45) is 9.17. The lowest BCUT2D eigenvalue weighted by atomic mass is 9.77. The Balaban J connectivity index is 2.14. The predicted octanol–water partition coefficient (Wildman–Crippen LogP) is 4.18. The van der Waals surface area contributed by atoms with Gasteiger partial charge in [-0.1, -0.05) is 40.0 Å². The van der Waals surface area contributed by atoms with Crippen molar-refractivity contribution in [3.05, 3.63) is 0 Å². The normalized spacial score (nSPS) is 19.9. The van der Waals surface area contributed by atoms with Crippen molar-refractivity contribution in [1.82, 2.24) is 0 Å². The summed E-state index contributed by atoms with van der Waals surface area (Å²) in [6.45, 7) is 9.59. The molecule has 1 fully saturated rings. The van der Waals surface area contributed by atoms with Crippen LogP contribution < -0.4 is 0 Å². The Morgan fingerprint density at radius 1 is 1.12 bits per heavy atom. The lowest BCUT2D eigenvalue weighted by molar-refractivity contribution is -0.140. The van der Waals surface area contributed by atoms with Crippen molar-refractivity contribution in [2.75, 3.05) is 19.8 Å². The van der Waals surface area contributed by atoms with Gasteiger partial charge < -0.3 is 9.47 Å². The molecule has 0 radical (unpaired) electrons. The van der Waals surface area contributed by atoms with Crippen molar-refractivity contribution in [1.29, 1.82) is 0 Å². The van der Waals surface area contributed by atoms with Crippen LogP contribution in [0.1, 0.15) is 65.7 Å². The van der Waals surface area contributed by atoms with Crippen molar-refractivity contribution >= 4 is 0 Å². The molecule has 0 N–H and O–H groups in total. The minimum atomic E-state index is 0.435. The molecule has 0 aliphatic carbocycles. The van der Waals surface area contributed by atoms with E-state index in [1.807, 2.05) is 0 Å². The first-order valence-electron chi connectivity index (χ1n) is 7.45. The van der Waals surface area contributed by atoms with Crippen LogP contribution in [0.5, 0.6) is 0 Å². The maximum atomic E-state index is 6.02. The van der Waals surface area contributed by atoms with E-state index in [1.165, 1.54) is 38.5 Å². The summed E-state index contributed by atoms with van der Waals surface area (Å²) in [6, 6.07) is 0. The average molecular weight is 242 g/mol. The fraction of sp³-hybridized carbons (Fsp3) is 1.00. The maximum absolute atomic E-state index is 6.02. The zero-order valence-corrected chi connectivity index (χ0v) is 12.0. The fourth-order valence-electron chi connectivity index (χ4n) is 2.44. The molecule has 1 aliphatic rings. The molecule has 1 unspecified atom stereocenters. The lowest BCUT2D eigenvalue weighted by Gasteiger charge is -2.42. The third-order valence-electron chi connectivity index (χ3n) is 4.03. The number of hydrogen-bond acceptors (Lipinski definition) is 2. The molecule has 0 amide bonds. The first-order valence-corrected chi connectivity index (χ1v) is 7.45.